The second-order valence-corrected chi connectivity index (χ2v) is 4.05. The molecule has 0 spiro atoms. The van der Waals surface area contributed by atoms with Gasteiger partial charge >= 0.3 is 6.18 Å². The van der Waals surface area contributed by atoms with Gasteiger partial charge in [0.1, 0.15) is 17.3 Å². The highest BCUT2D eigenvalue weighted by atomic mass is 19.4. The van der Waals surface area contributed by atoms with E-state index in [1.54, 1.807) is 0 Å². The number of ether oxygens (including phenoxy) is 1. The largest absolute Gasteiger partial charge is 0.456 e. The van der Waals surface area contributed by atoms with Crippen molar-refractivity contribution in [1.29, 1.82) is 0 Å². The van der Waals surface area contributed by atoms with Gasteiger partial charge in [-0.15, -0.1) is 0 Å². The monoisotopic (exact) mass is 285 g/mol. The lowest BCUT2D eigenvalue weighted by atomic mass is 10.1. The van der Waals surface area contributed by atoms with Crippen LogP contribution < -0.4 is 10.5 Å². The molecule has 0 aliphatic carbocycles. The molecule has 0 aromatic heterocycles. The minimum absolute atomic E-state index is 0.0404. The van der Waals surface area contributed by atoms with Crippen LogP contribution in [0.15, 0.2) is 42.5 Å². The summed E-state index contributed by atoms with van der Waals surface area (Å²) in [5.41, 5.74) is 4.83. The van der Waals surface area contributed by atoms with Crippen molar-refractivity contribution in [2.45, 2.75) is 12.7 Å². The molecule has 0 amide bonds. The van der Waals surface area contributed by atoms with Crippen molar-refractivity contribution in [2.75, 3.05) is 0 Å². The smallest absolute Gasteiger partial charge is 0.419 e. The number of alkyl halides is 3. The number of rotatable bonds is 3. The molecule has 6 heteroatoms. The molecule has 0 unspecified atom stereocenters. The lowest BCUT2D eigenvalue weighted by molar-refractivity contribution is -0.138. The highest BCUT2D eigenvalue weighted by molar-refractivity contribution is 5.42. The first-order valence-corrected chi connectivity index (χ1v) is 5.74. The van der Waals surface area contributed by atoms with Crippen LogP contribution in [0.2, 0.25) is 0 Å². The maximum absolute atomic E-state index is 13.1. The third-order valence-corrected chi connectivity index (χ3v) is 2.65. The van der Waals surface area contributed by atoms with Crippen molar-refractivity contribution in [1.82, 2.24) is 0 Å². The first-order chi connectivity index (χ1) is 9.41. The SMILES string of the molecule is NCc1cc(F)ccc1Oc1ccccc1C(F)(F)F. The van der Waals surface area contributed by atoms with Gasteiger partial charge in [0.25, 0.3) is 0 Å². The third kappa shape index (κ3) is 3.08. The van der Waals surface area contributed by atoms with Gasteiger partial charge in [0, 0.05) is 12.1 Å². The van der Waals surface area contributed by atoms with E-state index in [1.165, 1.54) is 24.3 Å². The van der Waals surface area contributed by atoms with Crippen LogP contribution in [0.25, 0.3) is 0 Å². The highest BCUT2D eigenvalue weighted by Gasteiger charge is 2.34. The first kappa shape index (κ1) is 14.3. The van der Waals surface area contributed by atoms with Crippen molar-refractivity contribution in [3.63, 3.8) is 0 Å². The molecule has 20 heavy (non-hydrogen) atoms. The van der Waals surface area contributed by atoms with Crippen LogP contribution in [-0.4, -0.2) is 0 Å². The normalized spacial score (nSPS) is 11.4. The number of halogens is 4. The lowest BCUT2D eigenvalue weighted by Gasteiger charge is -2.15. The van der Waals surface area contributed by atoms with Crippen molar-refractivity contribution < 1.29 is 22.3 Å². The molecule has 2 rings (SSSR count). The Labute approximate surface area is 112 Å². The lowest BCUT2D eigenvalue weighted by Crippen LogP contribution is -2.07. The van der Waals surface area contributed by atoms with Gasteiger partial charge in [-0.3, -0.25) is 0 Å². The first-order valence-electron chi connectivity index (χ1n) is 5.74. The fourth-order valence-electron chi connectivity index (χ4n) is 1.72. The van der Waals surface area contributed by atoms with E-state index in [1.807, 2.05) is 0 Å². The maximum atomic E-state index is 13.1. The van der Waals surface area contributed by atoms with Crippen LogP contribution in [0.5, 0.6) is 11.5 Å². The Balaban J connectivity index is 2.41. The summed E-state index contributed by atoms with van der Waals surface area (Å²) in [6.07, 6.45) is -4.53. The van der Waals surface area contributed by atoms with Gasteiger partial charge in [-0.25, -0.2) is 4.39 Å². The van der Waals surface area contributed by atoms with Gasteiger partial charge in [-0.2, -0.15) is 13.2 Å². The summed E-state index contributed by atoms with van der Waals surface area (Å²) in [7, 11) is 0. The average molecular weight is 285 g/mol. The zero-order valence-electron chi connectivity index (χ0n) is 10.2. The minimum atomic E-state index is -4.53. The van der Waals surface area contributed by atoms with E-state index in [-0.39, 0.29) is 18.0 Å². The molecule has 0 heterocycles. The number of para-hydroxylation sites is 1. The number of hydrogen-bond acceptors (Lipinski definition) is 2. The Morgan fingerprint density at radius 3 is 2.35 bits per heavy atom. The fourth-order valence-corrected chi connectivity index (χ4v) is 1.72. The summed E-state index contributed by atoms with van der Waals surface area (Å²) in [6.45, 7) is -0.0404. The molecule has 2 aromatic carbocycles. The summed E-state index contributed by atoms with van der Waals surface area (Å²) in [5, 5.41) is 0. The van der Waals surface area contributed by atoms with Crippen LogP contribution in [0.3, 0.4) is 0 Å². The molecule has 2 N–H and O–H groups in total. The summed E-state index contributed by atoms with van der Waals surface area (Å²) >= 11 is 0. The third-order valence-electron chi connectivity index (χ3n) is 2.65. The van der Waals surface area contributed by atoms with E-state index in [4.69, 9.17) is 10.5 Å². The molecule has 106 valence electrons. The van der Waals surface area contributed by atoms with Crippen molar-refractivity contribution in [3.8, 4) is 11.5 Å². The Morgan fingerprint density at radius 1 is 1.00 bits per heavy atom. The topological polar surface area (TPSA) is 35.2 Å². The fraction of sp³-hybridized carbons (Fsp3) is 0.143. The van der Waals surface area contributed by atoms with Gasteiger partial charge in [0.05, 0.1) is 5.56 Å². The highest BCUT2D eigenvalue weighted by Crippen LogP contribution is 2.38. The summed E-state index contributed by atoms with van der Waals surface area (Å²) in [4.78, 5) is 0. The molecule has 0 saturated heterocycles. The van der Waals surface area contributed by atoms with E-state index in [2.05, 4.69) is 0 Å². The Kier molecular flexibility index (Phi) is 3.94. The molecule has 2 nitrogen and oxygen atoms in total. The van der Waals surface area contributed by atoms with E-state index < -0.39 is 17.6 Å². The Morgan fingerprint density at radius 2 is 1.70 bits per heavy atom. The van der Waals surface area contributed by atoms with Gasteiger partial charge < -0.3 is 10.5 Å². The predicted octanol–water partition coefficient (Wildman–Crippen LogP) is 4.10. The van der Waals surface area contributed by atoms with Gasteiger partial charge in [-0.05, 0) is 30.3 Å². The second-order valence-electron chi connectivity index (χ2n) is 4.05. The van der Waals surface area contributed by atoms with Crippen molar-refractivity contribution in [3.05, 3.63) is 59.4 Å². The summed E-state index contributed by atoms with van der Waals surface area (Å²) < 4.78 is 56.8. The quantitative estimate of drug-likeness (QED) is 0.862. The number of hydrogen-bond donors (Lipinski definition) is 1. The molecule has 0 fully saturated rings. The zero-order valence-corrected chi connectivity index (χ0v) is 10.2. The molecular weight excluding hydrogens is 274 g/mol. The van der Waals surface area contributed by atoms with Gasteiger partial charge in [0.2, 0.25) is 0 Å². The number of nitrogens with two attached hydrogens (primary N) is 1. The molecule has 0 aliphatic heterocycles. The van der Waals surface area contributed by atoms with E-state index >= 15 is 0 Å². The Bertz CT molecular complexity index is 610. The van der Waals surface area contributed by atoms with Crippen LogP contribution in [0.1, 0.15) is 11.1 Å². The standard InChI is InChI=1S/C14H11F4NO/c15-10-5-6-12(9(7-10)8-19)20-13-4-2-1-3-11(13)14(16,17)18/h1-7H,8,19H2. The zero-order chi connectivity index (χ0) is 14.8. The maximum Gasteiger partial charge on any atom is 0.419 e. The molecule has 0 atom stereocenters. The second kappa shape index (κ2) is 5.50. The molecule has 0 radical (unpaired) electrons. The van der Waals surface area contributed by atoms with Gasteiger partial charge in [0.15, 0.2) is 0 Å². The van der Waals surface area contributed by atoms with E-state index in [0.717, 1.165) is 18.2 Å². The van der Waals surface area contributed by atoms with Crippen LogP contribution in [0, 0.1) is 5.82 Å². The van der Waals surface area contributed by atoms with Gasteiger partial charge in [-0.1, -0.05) is 12.1 Å². The molecule has 0 aliphatic rings. The van der Waals surface area contributed by atoms with Crippen molar-refractivity contribution in [2.24, 2.45) is 5.73 Å². The average Bonchev–Trinajstić information content (AvgIpc) is 2.40. The van der Waals surface area contributed by atoms with Crippen molar-refractivity contribution >= 4 is 0 Å². The predicted molar refractivity (Wildman–Crippen MR) is 65.8 cm³/mol. The molecule has 0 saturated carbocycles. The molecular formula is C14H11F4NO. The van der Waals surface area contributed by atoms with E-state index in [9.17, 15) is 17.6 Å². The summed E-state index contributed by atoms with van der Waals surface area (Å²) in [6, 6.07) is 8.30. The molecule has 0 bridgehead atoms. The minimum Gasteiger partial charge on any atom is -0.456 e. The van der Waals surface area contributed by atoms with Crippen LogP contribution in [-0.2, 0) is 12.7 Å². The Hall–Kier alpha value is -2.08. The van der Waals surface area contributed by atoms with Crippen LogP contribution in [0.4, 0.5) is 17.6 Å². The van der Waals surface area contributed by atoms with Crippen LogP contribution >= 0.6 is 0 Å². The van der Waals surface area contributed by atoms with E-state index in [0.29, 0.717) is 5.56 Å². The number of benzene rings is 2. The summed E-state index contributed by atoms with van der Waals surface area (Å²) in [5.74, 6) is -0.770. The molecule has 2 aromatic rings.